The Morgan fingerprint density at radius 1 is 0.938 bits per heavy atom. The number of carbonyl (C=O) groups is 3. The van der Waals surface area contributed by atoms with E-state index in [0.717, 1.165) is 15.5 Å². The number of para-hydroxylation sites is 1. The number of urea groups is 1. The smallest absolute Gasteiger partial charge is 0.332 e. The van der Waals surface area contributed by atoms with E-state index in [4.69, 9.17) is 11.6 Å². The number of halogens is 2. The van der Waals surface area contributed by atoms with E-state index < -0.39 is 29.3 Å². The fourth-order valence-electron chi connectivity index (χ4n) is 5.33. The summed E-state index contributed by atoms with van der Waals surface area (Å²) in [5.74, 6) is -1.47. The zero-order chi connectivity index (χ0) is 22.8. The zero-order valence-electron chi connectivity index (χ0n) is 17.7. The molecule has 2 fully saturated rings. The molecule has 3 aliphatic rings. The molecule has 0 radical (unpaired) electrons. The van der Waals surface area contributed by atoms with Gasteiger partial charge in [-0.25, -0.2) is 9.18 Å². The molecule has 2 saturated heterocycles. The first kappa shape index (κ1) is 20.8. The number of barbiturate groups is 1. The molecule has 166 valence electrons. The second-order valence-corrected chi connectivity index (χ2v) is 8.91. The van der Waals surface area contributed by atoms with Gasteiger partial charge in [-0.3, -0.25) is 19.4 Å². The SMILES string of the molecule is CN1C(=O)N(C)C(=O)C2(Cc3c(Cl)cccc3N3CCN(c4ccccc4F)C[C@H]32)C1=O. The fraction of sp³-hybridized carbons (Fsp3) is 0.348. The van der Waals surface area contributed by atoms with Crippen LogP contribution in [0.3, 0.4) is 0 Å². The van der Waals surface area contributed by atoms with Crippen molar-refractivity contribution < 1.29 is 18.8 Å². The lowest BCUT2D eigenvalue weighted by Crippen LogP contribution is -2.74. The van der Waals surface area contributed by atoms with Gasteiger partial charge in [-0.15, -0.1) is 0 Å². The van der Waals surface area contributed by atoms with Crippen LogP contribution in [-0.4, -0.2) is 67.4 Å². The normalized spacial score (nSPS) is 22.4. The highest BCUT2D eigenvalue weighted by Crippen LogP contribution is 2.48. The van der Waals surface area contributed by atoms with Gasteiger partial charge in [0.25, 0.3) is 0 Å². The summed E-state index contributed by atoms with van der Waals surface area (Å²) >= 11 is 6.51. The highest BCUT2D eigenvalue weighted by Gasteiger charge is 2.64. The van der Waals surface area contributed by atoms with Gasteiger partial charge in [0.15, 0.2) is 5.41 Å². The van der Waals surface area contributed by atoms with Gasteiger partial charge in [0.1, 0.15) is 5.82 Å². The molecule has 5 rings (SSSR count). The molecule has 2 aromatic rings. The number of anilines is 2. The number of rotatable bonds is 1. The summed E-state index contributed by atoms with van der Waals surface area (Å²) < 4.78 is 14.6. The number of hydrogen-bond donors (Lipinski definition) is 0. The molecule has 0 bridgehead atoms. The number of carbonyl (C=O) groups excluding carboxylic acids is 3. The maximum atomic E-state index is 14.6. The van der Waals surface area contributed by atoms with Crippen molar-refractivity contribution >= 4 is 40.8 Å². The molecule has 7 nitrogen and oxygen atoms in total. The van der Waals surface area contributed by atoms with Gasteiger partial charge in [0, 0.05) is 50.9 Å². The minimum atomic E-state index is -1.54. The zero-order valence-corrected chi connectivity index (χ0v) is 18.5. The van der Waals surface area contributed by atoms with Crippen molar-refractivity contribution in [2.24, 2.45) is 5.41 Å². The van der Waals surface area contributed by atoms with Gasteiger partial charge >= 0.3 is 6.03 Å². The number of hydrogen-bond acceptors (Lipinski definition) is 5. The van der Waals surface area contributed by atoms with Crippen molar-refractivity contribution in [1.29, 1.82) is 0 Å². The molecule has 1 atom stereocenters. The Balaban J connectivity index is 1.68. The predicted molar refractivity (Wildman–Crippen MR) is 118 cm³/mol. The van der Waals surface area contributed by atoms with Crippen LogP contribution in [0, 0.1) is 11.2 Å². The maximum Gasteiger partial charge on any atom is 0.332 e. The third-order valence-corrected chi connectivity index (χ3v) is 7.30. The lowest BCUT2D eigenvalue weighted by molar-refractivity contribution is -0.159. The van der Waals surface area contributed by atoms with Gasteiger partial charge in [0.2, 0.25) is 11.8 Å². The molecule has 32 heavy (non-hydrogen) atoms. The van der Waals surface area contributed by atoms with Gasteiger partial charge in [-0.1, -0.05) is 29.8 Å². The first-order valence-electron chi connectivity index (χ1n) is 10.4. The highest BCUT2D eigenvalue weighted by molar-refractivity contribution is 6.32. The average Bonchev–Trinajstić information content (AvgIpc) is 2.80. The van der Waals surface area contributed by atoms with Crippen LogP contribution in [0.5, 0.6) is 0 Å². The van der Waals surface area contributed by atoms with E-state index in [-0.39, 0.29) is 18.8 Å². The van der Waals surface area contributed by atoms with Crippen molar-refractivity contribution in [2.45, 2.75) is 12.5 Å². The van der Waals surface area contributed by atoms with Crippen molar-refractivity contribution in [1.82, 2.24) is 9.80 Å². The van der Waals surface area contributed by atoms with Crippen LogP contribution >= 0.6 is 11.6 Å². The van der Waals surface area contributed by atoms with Gasteiger partial charge in [-0.2, -0.15) is 0 Å². The molecule has 0 N–H and O–H groups in total. The van der Waals surface area contributed by atoms with Crippen LogP contribution in [0.25, 0.3) is 0 Å². The Kier molecular flexibility index (Phi) is 4.67. The summed E-state index contributed by atoms with van der Waals surface area (Å²) in [7, 11) is 2.78. The minimum Gasteiger partial charge on any atom is -0.365 e. The molecule has 3 aliphatic heterocycles. The molecule has 0 aliphatic carbocycles. The van der Waals surface area contributed by atoms with Crippen LogP contribution in [0.4, 0.5) is 20.6 Å². The Labute approximate surface area is 189 Å². The standard InChI is InChI=1S/C23H22ClFN4O3/c1-26-20(30)23(21(31)27(2)22(26)32)12-14-15(24)6-5-9-17(14)29-11-10-28(13-19(23)29)18-8-4-3-7-16(18)25/h3-9,19H,10-13H2,1-2H3/t19-/m0/s1. The van der Waals surface area contributed by atoms with Crippen LogP contribution in [0.1, 0.15) is 5.56 Å². The van der Waals surface area contributed by atoms with E-state index in [1.165, 1.54) is 20.2 Å². The number of benzene rings is 2. The van der Waals surface area contributed by atoms with E-state index in [1.807, 2.05) is 21.9 Å². The quantitative estimate of drug-likeness (QED) is 0.617. The van der Waals surface area contributed by atoms with E-state index in [1.54, 1.807) is 24.3 Å². The van der Waals surface area contributed by atoms with Gasteiger partial charge in [-0.05, 0) is 29.8 Å². The maximum absolute atomic E-state index is 14.6. The van der Waals surface area contributed by atoms with Crippen LogP contribution in [-0.2, 0) is 16.0 Å². The van der Waals surface area contributed by atoms with Gasteiger partial charge < -0.3 is 9.80 Å². The van der Waals surface area contributed by atoms with Crippen molar-refractivity contribution in [3.8, 4) is 0 Å². The van der Waals surface area contributed by atoms with Crippen molar-refractivity contribution in [2.75, 3.05) is 43.5 Å². The van der Waals surface area contributed by atoms with Crippen LogP contribution in [0.15, 0.2) is 42.5 Å². The summed E-state index contributed by atoms with van der Waals surface area (Å²) in [4.78, 5) is 45.7. The first-order chi connectivity index (χ1) is 15.3. The monoisotopic (exact) mass is 456 g/mol. The summed E-state index contributed by atoms with van der Waals surface area (Å²) in [6, 6.07) is 10.7. The van der Waals surface area contributed by atoms with E-state index in [2.05, 4.69) is 0 Å². The summed E-state index contributed by atoms with van der Waals surface area (Å²) in [5.41, 5.74) is 0.457. The molecule has 0 saturated carbocycles. The second kappa shape index (κ2) is 7.20. The Morgan fingerprint density at radius 2 is 1.59 bits per heavy atom. The van der Waals surface area contributed by atoms with Crippen LogP contribution < -0.4 is 9.80 Å². The number of nitrogens with zero attached hydrogens (tertiary/aromatic N) is 4. The third kappa shape index (κ3) is 2.68. The van der Waals surface area contributed by atoms with Gasteiger partial charge in [0.05, 0.1) is 11.7 Å². The molecular weight excluding hydrogens is 435 g/mol. The largest absolute Gasteiger partial charge is 0.365 e. The van der Waals surface area contributed by atoms with E-state index in [0.29, 0.717) is 29.4 Å². The molecule has 0 aromatic heterocycles. The molecular formula is C23H22ClFN4O3. The molecule has 3 heterocycles. The molecule has 4 amide bonds. The topological polar surface area (TPSA) is 64.2 Å². The van der Waals surface area contributed by atoms with E-state index >= 15 is 0 Å². The molecule has 2 aromatic carbocycles. The second-order valence-electron chi connectivity index (χ2n) is 8.50. The summed E-state index contributed by atoms with van der Waals surface area (Å²) in [6.07, 6.45) is 0.0773. The molecule has 9 heteroatoms. The average molecular weight is 457 g/mol. The van der Waals surface area contributed by atoms with E-state index in [9.17, 15) is 18.8 Å². The Hall–Kier alpha value is -3.13. The number of fused-ring (bicyclic) bond motifs is 4. The van der Waals surface area contributed by atoms with Crippen LogP contribution in [0.2, 0.25) is 5.02 Å². The Morgan fingerprint density at radius 3 is 2.28 bits per heavy atom. The van der Waals surface area contributed by atoms with Crippen molar-refractivity contribution in [3.05, 3.63) is 58.9 Å². The Bertz CT molecular complexity index is 1130. The minimum absolute atomic E-state index is 0.0773. The lowest BCUT2D eigenvalue weighted by Gasteiger charge is -2.56. The predicted octanol–water partition coefficient (Wildman–Crippen LogP) is 2.77. The number of piperazine rings is 1. The number of amides is 4. The first-order valence-corrected chi connectivity index (χ1v) is 10.8. The molecule has 0 unspecified atom stereocenters. The molecule has 1 spiro atoms. The lowest BCUT2D eigenvalue weighted by atomic mass is 9.67. The van der Waals surface area contributed by atoms with Crippen molar-refractivity contribution in [3.63, 3.8) is 0 Å². The fourth-order valence-corrected chi connectivity index (χ4v) is 5.57. The number of imide groups is 2. The highest BCUT2D eigenvalue weighted by atomic mass is 35.5. The summed E-state index contributed by atoms with van der Waals surface area (Å²) in [6.45, 7) is 1.22. The third-order valence-electron chi connectivity index (χ3n) is 6.95. The summed E-state index contributed by atoms with van der Waals surface area (Å²) in [5, 5.41) is 0.472.